The number of pyridine rings is 2. The first-order valence-corrected chi connectivity index (χ1v) is 10.4. The zero-order valence-electron chi connectivity index (χ0n) is 16.9. The third-order valence-electron chi connectivity index (χ3n) is 4.67. The monoisotopic (exact) mass is 418 g/mol. The van der Waals surface area contributed by atoms with Gasteiger partial charge in [-0.2, -0.15) is 0 Å². The first kappa shape index (κ1) is 19.8. The average molecular weight is 419 g/mol. The number of hydrogen-bond donors (Lipinski definition) is 0. The fraction of sp³-hybridized carbons (Fsp3) is 0.174. The van der Waals surface area contributed by atoms with Crippen LogP contribution in [0.2, 0.25) is 0 Å². The van der Waals surface area contributed by atoms with Crippen LogP contribution in [0.15, 0.2) is 77.5 Å². The van der Waals surface area contributed by atoms with Crippen LogP contribution in [0.4, 0.5) is 5.69 Å². The smallest absolute Gasteiger partial charge is 0.190 e. The van der Waals surface area contributed by atoms with Gasteiger partial charge in [0.15, 0.2) is 4.80 Å². The summed E-state index contributed by atoms with van der Waals surface area (Å²) in [5.41, 5.74) is 3.83. The number of benzene rings is 1. The van der Waals surface area contributed by atoms with Crippen molar-refractivity contribution < 1.29 is 9.47 Å². The van der Waals surface area contributed by atoms with Crippen molar-refractivity contribution in [3.63, 3.8) is 0 Å². The van der Waals surface area contributed by atoms with Crippen molar-refractivity contribution in [3.05, 3.63) is 83.0 Å². The van der Waals surface area contributed by atoms with Crippen LogP contribution < -0.4 is 14.3 Å². The topological polar surface area (TPSA) is 61.5 Å². The molecule has 0 aliphatic heterocycles. The standard InChI is InChI=1S/C23H22N4O2S/c1-28-19-8-9-22(29-2)20(14-19)21-16-30-23(26-18-7-5-11-24-15-18)27(21)13-10-17-6-3-4-12-25-17/h3-9,11-12,14-16H,10,13H2,1-2H3. The Bertz CT molecular complexity index is 1170. The lowest BCUT2D eigenvalue weighted by molar-refractivity contribution is 0.404. The van der Waals surface area contributed by atoms with Gasteiger partial charge in [0, 0.05) is 42.0 Å². The molecule has 0 saturated heterocycles. The summed E-state index contributed by atoms with van der Waals surface area (Å²) >= 11 is 1.59. The van der Waals surface area contributed by atoms with E-state index in [1.165, 1.54) is 0 Å². The number of methoxy groups -OCH3 is 2. The van der Waals surface area contributed by atoms with E-state index in [4.69, 9.17) is 14.5 Å². The van der Waals surface area contributed by atoms with E-state index in [-0.39, 0.29) is 0 Å². The van der Waals surface area contributed by atoms with Gasteiger partial charge in [-0.1, -0.05) is 6.07 Å². The van der Waals surface area contributed by atoms with Crippen LogP contribution in [-0.4, -0.2) is 28.8 Å². The van der Waals surface area contributed by atoms with Gasteiger partial charge in [0.05, 0.1) is 31.8 Å². The zero-order valence-corrected chi connectivity index (χ0v) is 17.7. The quantitative estimate of drug-likeness (QED) is 0.443. The molecule has 0 spiro atoms. The molecule has 0 unspecified atom stereocenters. The summed E-state index contributed by atoms with van der Waals surface area (Å²) in [6.45, 7) is 0.731. The molecule has 0 N–H and O–H groups in total. The minimum Gasteiger partial charge on any atom is -0.497 e. The molecule has 7 heteroatoms. The molecule has 4 rings (SSSR count). The van der Waals surface area contributed by atoms with Gasteiger partial charge >= 0.3 is 0 Å². The second-order valence-corrected chi connectivity index (χ2v) is 7.35. The third kappa shape index (κ3) is 4.41. The average Bonchev–Trinajstić information content (AvgIpc) is 3.20. The SMILES string of the molecule is COc1ccc(OC)c(-c2csc(=Nc3cccnc3)n2CCc2ccccn2)c1. The molecule has 6 nitrogen and oxygen atoms in total. The largest absolute Gasteiger partial charge is 0.497 e. The highest BCUT2D eigenvalue weighted by molar-refractivity contribution is 7.07. The summed E-state index contributed by atoms with van der Waals surface area (Å²) in [7, 11) is 3.34. The zero-order chi connectivity index (χ0) is 20.8. The molecule has 152 valence electrons. The van der Waals surface area contributed by atoms with Gasteiger partial charge in [-0.25, -0.2) is 4.99 Å². The van der Waals surface area contributed by atoms with E-state index < -0.39 is 0 Å². The molecule has 30 heavy (non-hydrogen) atoms. The van der Waals surface area contributed by atoms with Crippen LogP contribution in [0, 0.1) is 0 Å². The van der Waals surface area contributed by atoms with E-state index in [1.807, 2.05) is 54.7 Å². The molecular formula is C23H22N4O2S. The summed E-state index contributed by atoms with van der Waals surface area (Å²) in [4.78, 5) is 14.3. The number of aryl methyl sites for hydroxylation is 1. The van der Waals surface area contributed by atoms with Crippen molar-refractivity contribution in [2.45, 2.75) is 13.0 Å². The maximum absolute atomic E-state index is 5.63. The number of aromatic nitrogens is 3. The summed E-state index contributed by atoms with van der Waals surface area (Å²) in [5, 5.41) is 2.10. The summed E-state index contributed by atoms with van der Waals surface area (Å²) in [6.07, 6.45) is 6.11. The van der Waals surface area contributed by atoms with Gasteiger partial charge < -0.3 is 14.0 Å². The normalized spacial score (nSPS) is 11.5. The molecule has 0 aliphatic rings. The number of hydrogen-bond acceptors (Lipinski definition) is 6. The Labute approximate surface area is 179 Å². The highest BCUT2D eigenvalue weighted by atomic mass is 32.1. The molecule has 0 aliphatic carbocycles. The van der Waals surface area contributed by atoms with Gasteiger partial charge in [-0.3, -0.25) is 9.97 Å². The van der Waals surface area contributed by atoms with E-state index in [1.54, 1.807) is 38.0 Å². The third-order valence-corrected chi connectivity index (χ3v) is 5.53. The molecule has 0 bridgehead atoms. The van der Waals surface area contributed by atoms with Crippen molar-refractivity contribution in [1.82, 2.24) is 14.5 Å². The van der Waals surface area contributed by atoms with Crippen LogP contribution >= 0.6 is 11.3 Å². The molecule has 0 fully saturated rings. The van der Waals surface area contributed by atoms with Crippen molar-refractivity contribution in [3.8, 4) is 22.8 Å². The molecule has 4 aromatic rings. The van der Waals surface area contributed by atoms with E-state index in [0.717, 1.165) is 51.9 Å². The first-order valence-electron chi connectivity index (χ1n) is 9.54. The lowest BCUT2D eigenvalue weighted by atomic mass is 10.1. The highest BCUT2D eigenvalue weighted by Crippen LogP contribution is 2.34. The minimum atomic E-state index is 0.731. The fourth-order valence-electron chi connectivity index (χ4n) is 3.17. The van der Waals surface area contributed by atoms with Gasteiger partial charge in [0.2, 0.25) is 0 Å². The molecule has 0 radical (unpaired) electrons. The summed E-state index contributed by atoms with van der Waals surface area (Å²) < 4.78 is 13.3. The van der Waals surface area contributed by atoms with Crippen LogP contribution in [0.1, 0.15) is 5.69 Å². The molecule has 1 aromatic carbocycles. The van der Waals surface area contributed by atoms with E-state index >= 15 is 0 Å². The number of thiazole rings is 1. The Morgan fingerprint density at radius 2 is 1.97 bits per heavy atom. The van der Waals surface area contributed by atoms with Gasteiger partial charge in [-0.05, 0) is 42.5 Å². The molecule has 0 saturated carbocycles. The van der Waals surface area contributed by atoms with Crippen molar-refractivity contribution in [1.29, 1.82) is 0 Å². The Morgan fingerprint density at radius 1 is 1.03 bits per heavy atom. The summed E-state index contributed by atoms with van der Waals surface area (Å²) in [5.74, 6) is 1.56. The van der Waals surface area contributed by atoms with E-state index in [9.17, 15) is 0 Å². The molecular weight excluding hydrogens is 396 g/mol. The Morgan fingerprint density at radius 3 is 2.70 bits per heavy atom. The molecule has 0 atom stereocenters. The van der Waals surface area contributed by atoms with Crippen molar-refractivity contribution in [2.75, 3.05) is 14.2 Å². The minimum absolute atomic E-state index is 0.731. The Kier molecular flexibility index (Phi) is 6.20. The van der Waals surface area contributed by atoms with Crippen molar-refractivity contribution in [2.24, 2.45) is 4.99 Å². The second kappa shape index (κ2) is 9.37. The summed E-state index contributed by atoms with van der Waals surface area (Å²) in [6, 6.07) is 15.6. The highest BCUT2D eigenvalue weighted by Gasteiger charge is 2.14. The van der Waals surface area contributed by atoms with Crippen LogP contribution in [-0.2, 0) is 13.0 Å². The second-order valence-electron chi connectivity index (χ2n) is 6.52. The van der Waals surface area contributed by atoms with E-state index in [2.05, 4.69) is 19.9 Å². The van der Waals surface area contributed by atoms with Crippen LogP contribution in [0.3, 0.4) is 0 Å². The lowest BCUT2D eigenvalue weighted by Crippen LogP contribution is -2.17. The van der Waals surface area contributed by atoms with E-state index in [0.29, 0.717) is 0 Å². The predicted molar refractivity (Wildman–Crippen MR) is 118 cm³/mol. The number of nitrogens with zero attached hydrogens (tertiary/aromatic N) is 4. The Balaban J connectivity index is 1.82. The molecule has 0 amide bonds. The van der Waals surface area contributed by atoms with Gasteiger partial charge in [0.1, 0.15) is 11.5 Å². The van der Waals surface area contributed by atoms with Gasteiger partial charge in [-0.15, -0.1) is 11.3 Å². The fourth-order valence-corrected chi connectivity index (χ4v) is 4.11. The van der Waals surface area contributed by atoms with Crippen molar-refractivity contribution >= 4 is 17.0 Å². The number of rotatable bonds is 7. The van der Waals surface area contributed by atoms with Gasteiger partial charge in [0.25, 0.3) is 0 Å². The maximum Gasteiger partial charge on any atom is 0.190 e. The Hall–Kier alpha value is -3.45. The maximum atomic E-state index is 5.63. The van der Waals surface area contributed by atoms with Crippen LogP contribution in [0.5, 0.6) is 11.5 Å². The lowest BCUT2D eigenvalue weighted by Gasteiger charge is -2.13. The first-order chi connectivity index (χ1) is 14.8. The molecule has 3 heterocycles. The van der Waals surface area contributed by atoms with Crippen LogP contribution in [0.25, 0.3) is 11.3 Å². The predicted octanol–water partition coefficient (Wildman–Crippen LogP) is 4.50. The molecule has 3 aromatic heterocycles. The number of ether oxygens (including phenoxy) is 2.